The zero-order valence-electron chi connectivity index (χ0n) is 9.82. The van der Waals surface area contributed by atoms with Crippen LogP contribution in [0.1, 0.15) is 13.8 Å². The lowest BCUT2D eigenvalue weighted by atomic mass is 10.3. The van der Waals surface area contributed by atoms with Crippen molar-refractivity contribution in [1.29, 1.82) is 0 Å². The Labute approximate surface area is 97.1 Å². The fourth-order valence-electron chi connectivity index (χ4n) is 1.36. The predicted molar refractivity (Wildman–Crippen MR) is 68.2 cm³/mol. The van der Waals surface area contributed by atoms with E-state index < -0.39 is 10.0 Å². The van der Waals surface area contributed by atoms with Gasteiger partial charge in [-0.3, -0.25) is 4.72 Å². The highest BCUT2D eigenvalue weighted by Gasteiger charge is 2.12. The minimum Gasteiger partial charge on any atom is -0.388 e. The molecule has 0 aromatic heterocycles. The molecule has 0 fully saturated rings. The maximum Gasteiger partial charge on any atom is 0.232 e. The van der Waals surface area contributed by atoms with Gasteiger partial charge in [-0.2, -0.15) is 0 Å². The van der Waals surface area contributed by atoms with E-state index in [1.807, 2.05) is 33.0 Å². The van der Waals surface area contributed by atoms with Crippen LogP contribution in [-0.2, 0) is 10.0 Å². The number of rotatable bonds is 5. The molecule has 0 heterocycles. The first-order chi connectivity index (χ1) is 7.43. The summed E-state index contributed by atoms with van der Waals surface area (Å²) in [7, 11) is -1.41. The molecule has 1 aromatic rings. The summed E-state index contributed by atoms with van der Waals surface area (Å²) in [6.07, 6.45) is 0. The van der Waals surface area contributed by atoms with E-state index >= 15 is 0 Å². The van der Waals surface area contributed by atoms with Crippen molar-refractivity contribution < 1.29 is 8.42 Å². The highest BCUT2D eigenvalue weighted by atomic mass is 32.2. The third-order valence-corrected chi connectivity index (χ3v) is 3.65. The molecule has 1 rings (SSSR count). The summed E-state index contributed by atoms with van der Waals surface area (Å²) in [6, 6.07) is 7.13. The Hall–Kier alpha value is -1.23. The molecular weight excluding hydrogens is 224 g/mol. The molecule has 1 aromatic carbocycles. The number of benzene rings is 1. The Morgan fingerprint density at radius 3 is 2.06 bits per heavy atom. The van der Waals surface area contributed by atoms with Crippen molar-refractivity contribution in [3.05, 3.63) is 24.3 Å². The third kappa shape index (κ3) is 4.10. The summed E-state index contributed by atoms with van der Waals surface area (Å²) in [4.78, 5) is 0. The molecule has 0 aliphatic heterocycles. The maximum atomic E-state index is 11.6. The van der Waals surface area contributed by atoms with E-state index in [0.29, 0.717) is 5.69 Å². The standard InChI is InChI=1S/C11H18N2O2S/c1-9(2)8-16(14,15)13-11-6-4-10(12-3)5-7-11/h4-7,9,12-13H,8H2,1-3H3. The van der Waals surface area contributed by atoms with Gasteiger partial charge in [-0.25, -0.2) is 8.42 Å². The van der Waals surface area contributed by atoms with Gasteiger partial charge < -0.3 is 5.32 Å². The van der Waals surface area contributed by atoms with Crippen molar-refractivity contribution in [2.45, 2.75) is 13.8 Å². The minimum atomic E-state index is -3.22. The Morgan fingerprint density at radius 2 is 1.62 bits per heavy atom. The van der Waals surface area contributed by atoms with Crippen molar-refractivity contribution in [3.8, 4) is 0 Å². The molecule has 0 radical (unpaired) electrons. The SMILES string of the molecule is CNc1ccc(NS(=O)(=O)CC(C)C)cc1. The van der Waals surface area contributed by atoms with E-state index in [2.05, 4.69) is 10.0 Å². The van der Waals surface area contributed by atoms with Gasteiger partial charge in [0.15, 0.2) is 0 Å². The molecule has 16 heavy (non-hydrogen) atoms. The van der Waals surface area contributed by atoms with Crippen LogP contribution in [0.25, 0.3) is 0 Å². The first-order valence-corrected chi connectivity index (χ1v) is 6.86. The molecule has 5 heteroatoms. The summed E-state index contributed by atoms with van der Waals surface area (Å²) < 4.78 is 25.8. The van der Waals surface area contributed by atoms with Gasteiger partial charge in [0, 0.05) is 18.4 Å². The van der Waals surface area contributed by atoms with E-state index in [9.17, 15) is 8.42 Å². The molecule has 0 saturated heterocycles. The number of hydrogen-bond donors (Lipinski definition) is 2. The highest BCUT2D eigenvalue weighted by molar-refractivity contribution is 7.92. The van der Waals surface area contributed by atoms with E-state index in [4.69, 9.17) is 0 Å². The second-order valence-corrected chi connectivity index (χ2v) is 5.87. The van der Waals surface area contributed by atoms with E-state index in [1.165, 1.54) is 0 Å². The lowest BCUT2D eigenvalue weighted by Gasteiger charge is -2.10. The highest BCUT2D eigenvalue weighted by Crippen LogP contribution is 2.15. The van der Waals surface area contributed by atoms with Gasteiger partial charge in [-0.15, -0.1) is 0 Å². The van der Waals surface area contributed by atoms with Crippen molar-refractivity contribution in [3.63, 3.8) is 0 Å². The average molecular weight is 242 g/mol. The van der Waals surface area contributed by atoms with Crippen LogP contribution in [0.4, 0.5) is 11.4 Å². The van der Waals surface area contributed by atoms with Crippen LogP contribution in [0.5, 0.6) is 0 Å². The van der Waals surface area contributed by atoms with Gasteiger partial charge in [0.05, 0.1) is 5.75 Å². The van der Waals surface area contributed by atoms with Crippen molar-refractivity contribution in [1.82, 2.24) is 0 Å². The molecule has 4 nitrogen and oxygen atoms in total. The molecular formula is C11H18N2O2S. The van der Waals surface area contributed by atoms with Gasteiger partial charge in [0.2, 0.25) is 10.0 Å². The lowest BCUT2D eigenvalue weighted by molar-refractivity contribution is 0.587. The van der Waals surface area contributed by atoms with Crippen LogP contribution in [0, 0.1) is 5.92 Å². The monoisotopic (exact) mass is 242 g/mol. The van der Waals surface area contributed by atoms with Crippen molar-refractivity contribution in [2.75, 3.05) is 22.8 Å². The molecule has 0 amide bonds. The number of hydrogen-bond acceptors (Lipinski definition) is 3. The molecule has 0 spiro atoms. The normalized spacial score (nSPS) is 11.5. The predicted octanol–water partition coefficient (Wildman–Crippen LogP) is 2.13. The topological polar surface area (TPSA) is 58.2 Å². The Morgan fingerprint density at radius 1 is 1.12 bits per heavy atom. The summed E-state index contributed by atoms with van der Waals surface area (Å²) >= 11 is 0. The summed E-state index contributed by atoms with van der Waals surface area (Å²) in [5.41, 5.74) is 1.55. The van der Waals surface area contributed by atoms with Gasteiger partial charge >= 0.3 is 0 Å². The number of sulfonamides is 1. The van der Waals surface area contributed by atoms with Crippen LogP contribution in [0.15, 0.2) is 24.3 Å². The van der Waals surface area contributed by atoms with E-state index in [1.54, 1.807) is 12.1 Å². The number of anilines is 2. The molecule has 0 bridgehead atoms. The molecule has 0 aliphatic carbocycles. The number of nitrogens with one attached hydrogen (secondary N) is 2. The van der Waals surface area contributed by atoms with Gasteiger partial charge in [0.1, 0.15) is 0 Å². The smallest absolute Gasteiger partial charge is 0.232 e. The Balaban J connectivity index is 2.72. The fourth-order valence-corrected chi connectivity index (χ4v) is 2.82. The first-order valence-electron chi connectivity index (χ1n) is 5.21. The zero-order valence-corrected chi connectivity index (χ0v) is 10.6. The van der Waals surface area contributed by atoms with Gasteiger partial charge in [-0.1, -0.05) is 13.8 Å². The quantitative estimate of drug-likeness (QED) is 0.831. The Kier molecular flexibility index (Phi) is 4.18. The molecule has 0 aliphatic rings. The summed E-state index contributed by atoms with van der Waals surface area (Å²) in [6.45, 7) is 3.76. The van der Waals surface area contributed by atoms with Crippen LogP contribution in [0.3, 0.4) is 0 Å². The van der Waals surface area contributed by atoms with Crippen LogP contribution in [-0.4, -0.2) is 21.2 Å². The van der Waals surface area contributed by atoms with Crippen LogP contribution >= 0.6 is 0 Å². The van der Waals surface area contributed by atoms with Crippen molar-refractivity contribution >= 4 is 21.4 Å². The average Bonchev–Trinajstić information content (AvgIpc) is 2.16. The van der Waals surface area contributed by atoms with Crippen molar-refractivity contribution in [2.24, 2.45) is 5.92 Å². The van der Waals surface area contributed by atoms with E-state index in [0.717, 1.165) is 5.69 Å². The molecule has 0 atom stereocenters. The van der Waals surface area contributed by atoms with E-state index in [-0.39, 0.29) is 11.7 Å². The lowest BCUT2D eigenvalue weighted by Crippen LogP contribution is -2.19. The van der Waals surface area contributed by atoms with Crippen LogP contribution < -0.4 is 10.0 Å². The molecule has 2 N–H and O–H groups in total. The first kappa shape index (κ1) is 12.8. The molecule has 0 unspecified atom stereocenters. The van der Waals surface area contributed by atoms with Gasteiger partial charge in [0.25, 0.3) is 0 Å². The maximum absolute atomic E-state index is 11.6. The summed E-state index contributed by atoms with van der Waals surface area (Å²) in [5, 5.41) is 2.97. The zero-order chi connectivity index (χ0) is 12.2. The second kappa shape index (κ2) is 5.21. The summed E-state index contributed by atoms with van der Waals surface area (Å²) in [5.74, 6) is 0.259. The Bertz CT molecular complexity index is 424. The molecule has 90 valence electrons. The molecule has 0 saturated carbocycles. The minimum absolute atomic E-state index is 0.120. The fraction of sp³-hybridized carbons (Fsp3) is 0.455. The van der Waals surface area contributed by atoms with Crippen LogP contribution in [0.2, 0.25) is 0 Å². The van der Waals surface area contributed by atoms with Gasteiger partial charge in [-0.05, 0) is 30.2 Å². The largest absolute Gasteiger partial charge is 0.388 e. The third-order valence-electron chi connectivity index (χ3n) is 2.00. The second-order valence-electron chi connectivity index (χ2n) is 4.10.